The number of carbonyl (C=O) groups is 1. The minimum Gasteiger partial charge on any atom is -0.480 e. The Labute approximate surface area is 145 Å². The molecule has 0 saturated carbocycles. The summed E-state index contributed by atoms with van der Waals surface area (Å²) in [4.78, 5) is 14.4. The highest BCUT2D eigenvalue weighted by molar-refractivity contribution is 6.35. The number of hydrogen-bond acceptors (Lipinski definition) is 3. The molecule has 0 bridgehead atoms. The van der Waals surface area contributed by atoms with E-state index < -0.39 is 12.2 Å². The van der Waals surface area contributed by atoms with E-state index in [4.69, 9.17) is 27.9 Å². The van der Waals surface area contributed by atoms with Gasteiger partial charge in [-0.2, -0.15) is 0 Å². The third-order valence-corrected chi connectivity index (χ3v) is 4.11. The molecule has 0 aliphatic carbocycles. The number of Topliss-reactive ketones (excluding diaryl/α,β-unsaturated/α-hetero) is 1. The second-order valence-electron chi connectivity index (χ2n) is 5.61. The van der Waals surface area contributed by atoms with Crippen LogP contribution >= 0.6 is 23.2 Å². The maximum absolute atomic E-state index is 11.3. The molecule has 2 aromatic rings. The minimum absolute atomic E-state index is 0.0197. The lowest BCUT2D eigenvalue weighted by atomic mass is 9.93. The number of rotatable bonds is 7. The number of benzene rings is 1. The fourth-order valence-electron chi connectivity index (χ4n) is 2.42. The first-order chi connectivity index (χ1) is 10.9. The Kier molecular flexibility index (Phi) is 6.10. The van der Waals surface area contributed by atoms with Crippen LogP contribution in [0.3, 0.4) is 0 Å². The lowest BCUT2D eigenvalue weighted by molar-refractivity contribution is -0.119. The van der Waals surface area contributed by atoms with Gasteiger partial charge < -0.3 is 19.6 Å². The van der Waals surface area contributed by atoms with Crippen LogP contribution in [-0.2, 0) is 4.79 Å². The number of aliphatic hydroxyl groups is 1. The number of aliphatic hydroxyl groups excluding tert-OH is 1. The summed E-state index contributed by atoms with van der Waals surface area (Å²) in [5, 5.41) is 11.5. The van der Waals surface area contributed by atoms with Gasteiger partial charge in [-0.05, 0) is 43.2 Å². The van der Waals surface area contributed by atoms with E-state index in [1.165, 1.54) is 6.92 Å². The average Bonchev–Trinajstić information content (AvgIpc) is 2.99. The van der Waals surface area contributed by atoms with Crippen LogP contribution in [0.5, 0.6) is 5.75 Å². The molecule has 2 N–H and O–H groups in total. The van der Waals surface area contributed by atoms with Crippen molar-refractivity contribution in [2.24, 2.45) is 5.92 Å². The zero-order chi connectivity index (χ0) is 17.0. The van der Waals surface area contributed by atoms with Crippen molar-refractivity contribution in [1.82, 2.24) is 4.98 Å². The predicted molar refractivity (Wildman–Crippen MR) is 91.1 cm³/mol. The van der Waals surface area contributed by atoms with Crippen molar-refractivity contribution in [1.29, 1.82) is 0 Å². The van der Waals surface area contributed by atoms with Crippen LogP contribution in [0.2, 0.25) is 10.0 Å². The summed E-state index contributed by atoms with van der Waals surface area (Å²) in [6.07, 6.45) is 0.482. The first-order valence-electron chi connectivity index (χ1n) is 7.31. The third kappa shape index (κ3) is 4.74. The van der Waals surface area contributed by atoms with E-state index in [1.54, 1.807) is 24.4 Å². The molecule has 0 aliphatic rings. The number of hydrogen-bond donors (Lipinski definition) is 2. The van der Waals surface area contributed by atoms with Crippen LogP contribution in [0.4, 0.5) is 0 Å². The molecule has 3 unspecified atom stereocenters. The molecule has 2 rings (SSSR count). The summed E-state index contributed by atoms with van der Waals surface area (Å²) >= 11 is 12.0. The number of halogens is 2. The largest absolute Gasteiger partial charge is 0.480 e. The van der Waals surface area contributed by atoms with Gasteiger partial charge in [-0.3, -0.25) is 0 Å². The summed E-state index contributed by atoms with van der Waals surface area (Å²) < 4.78 is 5.93. The molecular weight excluding hydrogens is 337 g/mol. The van der Waals surface area contributed by atoms with Gasteiger partial charge in [-0.15, -0.1) is 0 Å². The predicted octanol–water partition coefficient (Wildman–Crippen LogP) is 4.42. The fourth-order valence-corrected chi connectivity index (χ4v) is 2.87. The Bertz CT molecular complexity index is 658. The highest BCUT2D eigenvalue weighted by Crippen LogP contribution is 2.34. The van der Waals surface area contributed by atoms with E-state index in [0.29, 0.717) is 21.5 Å². The molecule has 0 amide bonds. The van der Waals surface area contributed by atoms with Gasteiger partial charge in [-0.25, -0.2) is 0 Å². The number of aromatic amines is 1. The van der Waals surface area contributed by atoms with Crippen molar-refractivity contribution in [2.75, 3.05) is 0 Å². The van der Waals surface area contributed by atoms with E-state index in [1.807, 2.05) is 19.1 Å². The summed E-state index contributed by atoms with van der Waals surface area (Å²) in [5.74, 6) is 0.183. The van der Waals surface area contributed by atoms with Gasteiger partial charge in [0.05, 0.1) is 16.8 Å². The van der Waals surface area contributed by atoms with Crippen LogP contribution in [0, 0.1) is 5.92 Å². The molecule has 0 radical (unpaired) electrons. The van der Waals surface area contributed by atoms with Crippen molar-refractivity contribution in [3.8, 4) is 5.75 Å². The third-order valence-electron chi connectivity index (χ3n) is 3.58. The number of carbonyl (C=O) groups excluding carboxylic acids is 1. The summed E-state index contributed by atoms with van der Waals surface area (Å²) in [7, 11) is 0. The van der Waals surface area contributed by atoms with Crippen molar-refractivity contribution in [2.45, 2.75) is 32.5 Å². The maximum atomic E-state index is 11.3. The molecule has 4 nitrogen and oxygen atoms in total. The molecular formula is C17H19Cl2NO3. The Morgan fingerprint density at radius 3 is 2.65 bits per heavy atom. The average molecular weight is 356 g/mol. The lowest BCUT2D eigenvalue weighted by Gasteiger charge is -2.28. The molecule has 0 aliphatic heterocycles. The first kappa shape index (κ1) is 17.9. The fraction of sp³-hybridized carbons (Fsp3) is 0.353. The van der Waals surface area contributed by atoms with E-state index in [0.717, 1.165) is 0 Å². The quantitative estimate of drug-likeness (QED) is 0.772. The normalized spacial score (nSPS) is 15.0. The Morgan fingerprint density at radius 1 is 1.35 bits per heavy atom. The van der Waals surface area contributed by atoms with Crippen LogP contribution in [-0.4, -0.2) is 22.0 Å². The van der Waals surface area contributed by atoms with Crippen molar-refractivity contribution >= 4 is 29.0 Å². The standard InChI is InChI=1S/C17H19Cl2NO3/c1-10(8-11(2)21)16(22)17(14-4-3-7-20-14)23-15-6-5-12(18)9-13(15)19/h3-7,9-10,16-17,20,22H,8H2,1-2H3. The SMILES string of the molecule is CC(=O)CC(C)C(O)C(Oc1ccc(Cl)cc1Cl)c1ccc[nH]1. The molecule has 0 fully saturated rings. The Morgan fingerprint density at radius 2 is 2.09 bits per heavy atom. The molecule has 124 valence electrons. The van der Waals surface area contributed by atoms with Crippen LogP contribution in [0.15, 0.2) is 36.5 Å². The second kappa shape index (κ2) is 7.86. The van der Waals surface area contributed by atoms with Gasteiger partial charge in [0.15, 0.2) is 6.10 Å². The number of H-pyrrole nitrogens is 1. The van der Waals surface area contributed by atoms with Crippen molar-refractivity contribution in [3.05, 3.63) is 52.3 Å². The van der Waals surface area contributed by atoms with Crippen LogP contribution in [0.25, 0.3) is 0 Å². The number of ketones is 1. The smallest absolute Gasteiger partial charge is 0.164 e. The number of nitrogens with one attached hydrogen (secondary N) is 1. The Balaban J connectivity index is 2.26. The first-order valence-corrected chi connectivity index (χ1v) is 8.06. The van der Waals surface area contributed by atoms with Crippen LogP contribution < -0.4 is 4.74 Å². The topological polar surface area (TPSA) is 62.3 Å². The molecule has 6 heteroatoms. The van der Waals surface area contributed by atoms with E-state index >= 15 is 0 Å². The summed E-state index contributed by atoms with van der Waals surface area (Å²) in [6, 6.07) is 8.54. The highest BCUT2D eigenvalue weighted by atomic mass is 35.5. The second-order valence-corrected chi connectivity index (χ2v) is 6.46. The van der Waals surface area contributed by atoms with Crippen molar-refractivity contribution in [3.63, 3.8) is 0 Å². The minimum atomic E-state index is -0.871. The van der Waals surface area contributed by atoms with Gasteiger partial charge in [0, 0.05) is 17.6 Å². The van der Waals surface area contributed by atoms with E-state index in [9.17, 15) is 9.90 Å². The lowest BCUT2D eigenvalue weighted by Crippen LogP contribution is -2.31. The van der Waals surface area contributed by atoms with Gasteiger partial charge in [0.25, 0.3) is 0 Å². The molecule has 1 heterocycles. The van der Waals surface area contributed by atoms with Gasteiger partial charge in [0.2, 0.25) is 0 Å². The molecule has 1 aromatic heterocycles. The summed E-state index contributed by atoms with van der Waals surface area (Å²) in [6.45, 7) is 3.32. The summed E-state index contributed by atoms with van der Waals surface area (Å²) in [5.41, 5.74) is 0.707. The number of aromatic nitrogens is 1. The zero-order valence-corrected chi connectivity index (χ0v) is 14.4. The maximum Gasteiger partial charge on any atom is 0.164 e. The molecule has 0 spiro atoms. The van der Waals surface area contributed by atoms with E-state index in [2.05, 4.69) is 4.98 Å². The molecule has 23 heavy (non-hydrogen) atoms. The van der Waals surface area contributed by atoms with E-state index in [-0.39, 0.29) is 18.1 Å². The molecule has 3 atom stereocenters. The molecule has 1 aromatic carbocycles. The van der Waals surface area contributed by atoms with Crippen molar-refractivity contribution < 1.29 is 14.6 Å². The zero-order valence-electron chi connectivity index (χ0n) is 12.9. The molecule has 0 saturated heterocycles. The number of ether oxygens (including phenoxy) is 1. The highest BCUT2D eigenvalue weighted by Gasteiger charge is 2.30. The van der Waals surface area contributed by atoms with Gasteiger partial charge in [-0.1, -0.05) is 30.1 Å². The Hall–Kier alpha value is -1.49. The monoisotopic (exact) mass is 355 g/mol. The van der Waals surface area contributed by atoms with Gasteiger partial charge in [0.1, 0.15) is 11.5 Å². The van der Waals surface area contributed by atoms with Gasteiger partial charge >= 0.3 is 0 Å². The van der Waals surface area contributed by atoms with Crippen LogP contribution in [0.1, 0.15) is 32.1 Å².